The van der Waals surface area contributed by atoms with Gasteiger partial charge in [0.05, 0.1) is 0 Å². The van der Waals surface area contributed by atoms with E-state index in [9.17, 15) is 13.9 Å². The molecule has 2 nitrogen and oxygen atoms in total. The molecule has 2 aliphatic rings. The summed E-state index contributed by atoms with van der Waals surface area (Å²) in [5, 5.41) is 11.9. The fourth-order valence-corrected chi connectivity index (χ4v) is 4.61. The molecule has 1 aliphatic carbocycles. The fourth-order valence-electron chi connectivity index (χ4n) is 4.61. The third-order valence-corrected chi connectivity index (χ3v) is 6.33. The second kappa shape index (κ2) is 7.51. The van der Waals surface area contributed by atoms with Crippen molar-refractivity contribution in [3.63, 3.8) is 0 Å². The molecule has 0 aromatic heterocycles. The van der Waals surface area contributed by atoms with Gasteiger partial charge >= 0.3 is 0 Å². The third-order valence-electron chi connectivity index (χ3n) is 6.33. The number of ether oxygens (including phenoxy) is 1. The molecule has 30 heavy (non-hydrogen) atoms. The van der Waals surface area contributed by atoms with E-state index in [1.807, 2.05) is 51.1 Å². The van der Waals surface area contributed by atoms with Gasteiger partial charge in [0.15, 0.2) is 0 Å². The van der Waals surface area contributed by atoms with Gasteiger partial charge < -0.3 is 9.84 Å². The second-order valence-corrected chi connectivity index (χ2v) is 8.67. The Balaban J connectivity index is 1.77. The van der Waals surface area contributed by atoms with Crippen LogP contribution in [0.4, 0.5) is 8.78 Å². The molecule has 0 saturated heterocycles. The van der Waals surface area contributed by atoms with Crippen LogP contribution in [0.3, 0.4) is 0 Å². The van der Waals surface area contributed by atoms with E-state index in [4.69, 9.17) is 4.74 Å². The molecule has 0 unspecified atom stereocenters. The van der Waals surface area contributed by atoms with Crippen molar-refractivity contribution >= 4 is 6.08 Å². The van der Waals surface area contributed by atoms with Crippen molar-refractivity contribution in [1.82, 2.24) is 0 Å². The molecule has 156 valence electrons. The van der Waals surface area contributed by atoms with E-state index in [1.54, 1.807) is 12.1 Å². The molecule has 1 aliphatic heterocycles. The predicted molar refractivity (Wildman–Crippen MR) is 115 cm³/mol. The Morgan fingerprint density at radius 2 is 1.80 bits per heavy atom. The smallest absolute Gasteiger partial charge is 0.133 e. The highest BCUT2D eigenvalue weighted by molar-refractivity contribution is 5.63. The lowest BCUT2D eigenvalue weighted by molar-refractivity contribution is -0.176. The molecule has 0 amide bonds. The first-order chi connectivity index (χ1) is 14.2. The topological polar surface area (TPSA) is 29.5 Å². The van der Waals surface area contributed by atoms with Crippen molar-refractivity contribution in [2.45, 2.75) is 44.8 Å². The van der Waals surface area contributed by atoms with Gasteiger partial charge in [0.25, 0.3) is 0 Å². The van der Waals surface area contributed by atoms with E-state index in [1.165, 1.54) is 24.3 Å². The fraction of sp³-hybridized carbons (Fsp3) is 0.308. The molecule has 0 fully saturated rings. The Morgan fingerprint density at radius 1 is 1.10 bits per heavy atom. The van der Waals surface area contributed by atoms with Crippen LogP contribution in [0.25, 0.3) is 6.08 Å². The van der Waals surface area contributed by atoms with Crippen LogP contribution in [0.1, 0.15) is 38.3 Å². The van der Waals surface area contributed by atoms with Crippen LogP contribution in [0.2, 0.25) is 0 Å². The average molecular weight is 408 g/mol. The average Bonchev–Trinajstić information content (AvgIpc) is 2.66. The van der Waals surface area contributed by atoms with E-state index < -0.39 is 11.2 Å². The highest BCUT2D eigenvalue weighted by Gasteiger charge is 2.55. The van der Waals surface area contributed by atoms with Crippen molar-refractivity contribution in [2.75, 3.05) is 0 Å². The molecule has 1 N–H and O–H groups in total. The number of aliphatic hydroxyl groups is 1. The van der Waals surface area contributed by atoms with Crippen molar-refractivity contribution in [1.29, 1.82) is 0 Å². The standard InChI is InChI=1S/C26H26F2O2/c1-17-24-20(13-18-7-4-10-21(27)14-18)9-6-12-23(24)30-25(2,3)26(17,29)16-19-8-5-11-22(28)15-19/h4-8,10-15,17,29H,9,16H2,1-3H3/t17-,26+/m0/s1. The first-order valence-electron chi connectivity index (χ1n) is 10.2. The summed E-state index contributed by atoms with van der Waals surface area (Å²) in [6.07, 6.45) is 6.83. The quantitative estimate of drug-likeness (QED) is 0.677. The Bertz CT molecular complexity index is 1060. The van der Waals surface area contributed by atoms with Crippen LogP contribution in [0.5, 0.6) is 0 Å². The van der Waals surface area contributed by atoms with Crippen LogP contribution < -0.4 is 0 Å². The van der Waals surface area contributed by atoms with Gasteiger partial charge in [-0.1, -0.05) is 43.3 Å². The minimum atomic E-state index is -1.26. The first kappa shape index (κ1) is 20.5. The monoisotopic (exact) mass is 408 g/mol. The SMILES string of the molecule is C[C@H]1C2=C(C=CCC2=Cc2cccc(F)c2)OC(C)(C)[C@@]1(O)Cc1cccc(F)c1. The highest BCUT2D eigenvalue weighted by Crippen LogP contribution is 2.49. The maximum Gasteiger partial charge on any atom is 0.133 e. The molecule has 1 heterocycles. The first-order valence-corrected chi connectivity index (χ1v) is 10.2. The van der Waals surface area contributed by atoms with Gasteiger partial charge in [-0.05, 0) is 67.3 Å². The summed E-state index contributed by atoms with van der Waals surface area (Å²) in [7, 11) is 0. The molecule has 2 atom stereocenters. The van der Waals surface area contributed by atoms with E-state index in [0.29, 0.717) is 12.0 Å². The predicted octanol–water partition coefficient (Wildman–Crippen LogP) is 5.98. The van der Waals surface area contributed by atoms with E-state index in [-0.39, 0.29) is 24.0 Å². The van der Waals surface area contributed by atoms with E-state index >= 15 is 0 Å². The number of hydrogen-bond donors (Lipinski definition) is 1. The summed E-state index contributed by atoms with van der Waals surface area (Å²) in [6.45, 7) is 5.72. The van der Waals surface area contributed by atoms with Gasteiger partial charge in [0, 0.05) is 17.9 Å². The molecule has 0 saturated carbocycles. The van der Waals surface area contributed by atoms with Crippen LogP contribution in [-0.4, -0.2) is 16.3 Å². The van der Waals surface area contributed by atoms with Crippen LogP contribution in [-0.2, 0) is 11.2 Å². The van der Waals surface area contributed by atoms with Gasteiger partial charge in [-0.3, -0.25) is 0 Å². The molecular formula is C26H26F2O2. The minimum Gasteiger partial charge on any atom is -0.485 e. The van der Waals surface area contributed by atoms with E-state index in [2.05, 4.69) is 0 Å². The molecule has 2 aromatic carbocycles. The molecule has 4 heteroatoms. The lowest BCUT2D eigenvalue weighted by Crippen LogP contribution is -2.60. The number of hydrogen-bond acceptors (Lipinski definition) is 2. The molecule has 4 rings (SSSR count). The van der Waals surface area contributed by atoms with Crippen molar-refractivity contribution in [2.24, 2.45) is 5.92 Å². The lowest BCUT2D eigenvalue weighted by atomic mass is 9.65. The minimum absolute atomic E-state index is 0.257. The summed E-state index contributed by atoms with van der Waals surface area (Å²) >= 11 is 0. The highest BCUT2D eigenvalue weighted by atomic mass is 19.1. The number of halogens is 2. The third kappa shape index (κ3) is 3.61. The molecule has 2 aromatic rings. The summed E-state index contributed by atoms with van der Waals surface area (Å²) in [5.74, 6) is -0.165. The van der Waals surface area contributed by atoms with Gasteiger partial charge in [-0.25, -0.2) is 8.78 Å². The number of benzene rings is 2. The van der Waals surface area contributed by atoms with Crippen molar-refractivity contribution in [3.05, 3.63) is 100 Å². The molecular weight excluding hydrogens is 382 g/mol. The van der Waals surface area contributed by atoms with Gasteiger partial charge in [0.2, 0.25) is 0 Å². The summed E-state index contributed by atoms with van der Waals surface area (Å²) < 4.78 is 33.7. The summed E-state index contributed by atoms with van der Waals surface area (Å²) in [6, 6.07) is 12.8. The lowest BCUT2D eigenvalue weighted by Gasteiger charge is -2.52. The second-order valence-electron chi connectivity index (χ2n) is 8.67. The van der Waals surface area contributed by atoms with Gasteiger partial charge in [-0.15, -0.1) is 0 Å². The Labute approximate surface area is 176 Å². The van der Waals surface area contributed by atoms with Gasteiger partial charge in [-0.2, -0.15) is 0 Å². The molecule has 0 bridgehead atoms. The zero-order chi connectivity index (χ0) is 21.5. The van der Waals surface area contributed by atoms with Crippen LogP contribution in [0, 0.1) is 17.6 Å². The molecule has 0 radical (unpaired) electrons. The Kier molecular flexibility index (Phi) is 5.15. The number of rotatable bonds is 3. The zero-order valence-electron chi connectivity index (χ0n) is 17.5. The zero-order valence-corrected chi connectivity index (χ0v) is 17.5. The summed E-state index contributed by atoms with van der Waals surface area (Å²) in [5.41, 5.74) is 1.23. The van der Waals surface area contributed by atoms with Crippen LogP contribution in [0.15, 0.2) is 77.6 Å². The Hall–Kier alpha value is -2.72. The maximum atomic E-state index is 13.8. The van der Waals surface area contributed by atoms with Gasteiger partial charge in [0.1, 0.15) is 28.6 Å². The van der Waals surface area contributed by atoms with Crippen molar-refractivity contribution in [3.8, 4) is 0 Å². The molecule has 0 spiro atoms. The Morgan fingerprint density at radius 3 is 2.50 bits per heavy atom. The van der Waals surface area contributed by atoms with Crippen molar-refractivity contribution < 1.29 is 18.6 Å². The number of allylic oxidation sites excluding steroid dienone is 3. The normalized spacial score (nSPS) is 26.5. The van der Waals surface area contributed by atoms with Crippen LogP contribution >= 0.6 is 0 Å². The summed E-state index contributed by atoms with van der Waals surface area (Å²) in [4.78, 5) is 0. The largest absolute Gasteiger partial charge is 0.485 e. The maximum absolute atomic E-state index is 13.8. The van der Waals surface area contributed by atoms with E-state index in [0.717, 1.165) is 22.5 Å².